The lowest BCUT2D eigenvalue weighted by molar-refractivity contribution is 0.0364. The number of benzene rings is 1. The third-order valence-electron chi connectivity index (χ3n) is 3.92. The molecule has 3 nitrogen and oxygen atoms in total. The quantitative estimate of drug-likeness (QED) is 0.838. The van der Waals surface area contributed by atoms with Crippen molar-refractivity contribution < 1.29 is 4.74 Å². The van der Waals surface area contributed by atoms with Crippen molar-refractivity contribution in [2.24, 2.45) is 5.73 Å². The predicted octanol–water partition coefficient (Wildman–Crippen LogP) is 2.36. The van der Waals surface area contributed by atoms with Gasteiger partial charge in [0.15, 0.2) is 0 Å². The number of ether oxygens (including phenoxy) is 1. The zero-order chi connectivity index (χ0) is 14.3. The fourth-order valence-electron chi connectivity index (χ4n) is 2.28. The molecule has 0 spiro atoms. The first kappa shape index (κ1) is 15.8. The average Bonchev–Trinajstić information content (AvgIpc) is 2.53. The number of rotatable bonds is 7. The number of thioether (sulfide) groups is 1. The Morgan fingerprint density at radius 2 is 1.95 bits per heavy atom. The van der Waals surface area contributed by atoms with E-state index in [0.717, 1.165) is 51.6 Å². The summed E-state index contributed by atoms with van der Waals surface area (Å²) in [5, 5.41) is 0. The summed E-state index contributed by atoms with van der Waals surface area (Å²) in [5.74, 6) is 1.04. The summed E-state index contributed by atoms with van der Waals surface area (Å²) in [6, 6.07) is 10.6. The molecule has 0 aromatic heterocycles. The Bertz CT molecular complexity index is 381. The molecule has 0 amide bonds. The molecule has 4 heteroatoms. The molecule has 1 fully saturated rings. The molecule has 0 aliphatic carbocycles. The van der Waals surface area contributed by atoms with Gasteiger partial charge in [0, 0.05) is 30.1 Å². The fraction of sp³-hybridized carbons (Fsp3) is 0.625. The molecule has 1 aromatic rings. The van der Waals surface area contributed by atoms with Crippen molar-refractivity contribution in [3.63, 3.8) is 0 Å². The lowest BCUT2D eigenvalue weighted by Crippen LogP contribution is -2.41. The molecule has 1 aliphatic rings. The molecule has 1 unspecified atom stereocenters. The van der Waals surface area contributed by atoms with Crippen LogP contribution in [0.1, 0.15) is 18.9 Å². The first-order chi connectivity index (χ1) is 9.72. The van der Waals surface area contributed by atoms with Gasteiger partial charge in [-0.15, -0.1) is 11.8 Å². The van der Waals surface area contributed by atoms with Gasteiger partial charge in [0.2, 0.25) is 0 Å². The molecular weight excluding hydrogens is 268 g/mol. The second kappa shape index (κ2) is 8.03. The van der Waals surface area contributed by atoms with E-state index in [0.29, 0.717) is 0 Å². The van der Waals surface area contributed by atoms with E-state index < -0.39 is 0 Å². The van der Waals surface area contributed by atoms with E-state index in [1.165, 1.54) is 5.56 Å². The second-order valence-electron chi connectivity index (χ2n) is 5.63. The van der Waals surface area contributed by atoms with Gasteiger partial charge in [-0.2, -0.15) is 0 Å². The summed E-state index contributed by atoms with van der Waals surface area (Å²) < 4.78 is 5.55. The summed E-state index contributed by atoms with van der Waals surface area (Å²) >= 11 is 1.98. The van der Waals surface area contributed by atoms with Crippen molar-refractivity contribution in [1.29, 1.82) is 0 Å². The fourth-order valence-corrected chi connectivity index (χ4v) is 3.35. The largest absolute Gasteiger partial charge is 0.379 e. The molecule has 2 rings (SSSR count). The molecule has 0 bridgehead atoms. The molecule has 20 heavy (non-hydrogen) atoms. The minimum absolute atomic E-state index is 0.161. The highest BCUT2D eigenvalue weighted by molar-refractivity contribution is 7.99. The molecule has 1 heterocycles. The van der Waals surface area contributed by atoms with Gasteiger partial charge in [-0.25, -0.2) is 0 Å². The van der Waals surface area contributed by atoms with Crippen LogP contribution in [0.4, 0.5) is 0 Å². The van der Waals surface area contributed by atoms with Gasteiger partial charge < -0.3 is 10.5 Å². The summed E-state index contributed by atoms with van der Waals surface area (Å²) in [6.07, 6.45) is 1.14. The highest BCUT2D eigenvalue weighted by Crippen LogP contribution is 2.31. The van der Waals surface area contributed by atoms with E-state index in [9.17, 15) is 0 Å². The predicted molar refractivity (Wildman–Crippen MR) is 87.1 cm³/mol. The summed E-state index contributed by atoms with van der Waals surface area (Å²) in [6.45, 7) is 8.01. The summed E-state index contributed by atoms with van der Waals surface area (Å²) in [4.78, 5) is 2.49. The number of nitrogens with two attached hydrogens (primary N) is 1. The van der Waals surface area contributed by atoms with Crippen molar-refractivity contribution >= 4 is 11.8 Å². The van der Waals surface area contributed by atoms with Gasteiger partial charge in [-0.05, 0) is 25.5 Å². The van der Waals surface area contributed by atoms with E-state index in [2.05, 4.69) is 42.2 Å². The van der Waals surface area contributed by atoms with Crippen LogP contribution in [0.15, 0.2) is 30.3 Å². The zero-order valence-electron chi connectivity index (χ0n) is 12.4. The monoisotopic (exact) mass is 294 g/mol. The van der Waals surface area contributed by atoms with Crippen LogP contribution in [-0.4, -0.2) is 49.0 Å². The van der Waals surface area contributed by atoms with Crippen LogP contribution < -0.4 is 5.73 Å². The van der Waals surface area contributed by atoms with Crippen LogP contribution in [0.25, 0.3) is 0 Å². The maximum Gasteiger partial charge on any atom is 0.0594 e. The number of hydrogen-bond donors (Lipinski definition) is 1. The summed E-state index contributed by atoms with van der Waals surface area (Å²) in [7, 11) is 0. The van der Waals surface area contributed by atoms with Crippen LogP contribution in [0.2, 0.25) is 0 Å². The Balaban J connectivity index is 1.78. The van der Waals surface area contributed by atoms with Crippen LogP contribution in [0.5, 0.6) is 0 Å². The zero-order valence-corrected chi connectivity index (χ0v) is 13.2. The molecule has 1 saturated heterocycles. The first-order valence-electron chi connectivity index (χ1n) is 7.40. The Hall–Kier alpha value is -0.550. The average molecular weight is 294 g/mol. The molecule has 0 saturated carbocycles. The molecular formula is C16H26N2OS. The highest BCUT2D eigenvalue weighted by Gasteiger charge is 2.24. The Labute approximate surface area is 126 Å². The van der Waals surface area contributed by atoms with Gasteiger partial charge >= 0.3 is 0 Å². The van der Waals surface area contributed by atoms with Gasteiger partial charge in [-0.3, -0.25) is 4.90 Å². The van der Waals surface area contributed by atoms with Crippen LogP contribution in [0, 0.1) is 0 Å². The Morgan fingerprint density at radius 1 is 1.25 bits per heavy atom. The van der Waals surface area contributed by atoms with Crippen molar-refractivity contribution in [2.75, 3.05) is 39.4 Å². The van der Waals surface area contributed by atoms with Crippen LogP contribution in [0.3, 0.4) is 0 Å². The number of nitrogens with zero attached hydrogens (tertiary/aromatic N) is 1. The molecule has 112 valence electrons. The first-order valence-corrected chi connectivity index (χ1v) is 8.38. The Morgan fingerprint density at radius 3 is 2.60 bits per heavy atom. The van der Waals surface area contributed by atoms with Crippen molar-refractivity contribution in [2.45, 2.75) is 23.8 Å². The van der Waals surface area contributed by atoms with Gasteiger partial charge in [0.25, 0.3) is 0 Å². The maximum absolute atomic E-state index is 6.02. The molecule has 1 aliphatic heterocycles. The van der Waals surface area contributed by atoms with E-state index in [1.807, 2.05) is 11.8 Å². The molecule has 1 atom stereocenters. The lowest BCUT2D eigenvalue weighted by Gasteiger charge is -2.32. The Kier molecular flexibility index (Phi) is 6.36. The normalized spacial score (nSPS) is 19.7. The van der Waals surface area contributed by atoms with Crippen molar-refractivity contribution in [3.8, 4) is 0 Å². The lowest BCUT2D eigenvalue weighted by atomic mass is 10.1. The van der Waals surface area contributed by atoms with E-state index in [4.69, 9.17) is 10.5 Å². The second-order valence-corrected chi connectivity index (χ2v) is 7.20. The van der Waals surface area contributed by atoms with Crippen molar-refractivity contribution in [3.05, 3.63) is 35.9 Å². The maximum atomic E-state index is 6.02. The van der Waals surface area contributed by atoms with Gasteiger partial charge in [-0.1, -0.05) is 30.3 Å². The third-order valence-corrected chi connectivity index (χ3v) is 5.47. The topological polar surface area (TPSA) is 38.5 Å². The molecule has 1 aromatic carbocycles. The minimum atomic E-state index is 0.161. The smallest absolute Gasteiger partial charge is 0.0594 e. The van der Waals surface area contributed by atoms with E-state index in [-0.39, 0.29) is 4.75 Å². The van der Waals surface area contributed by atoms with Gasteiger partial charge in [0.1, 0.15) is 0 Å². The SMILES string of the molecule is CC(CN)(CCN1CCOCC1)SCc1ccccc1. The highest BCUT2D eigenvalue weighted by atomic mass is 32.2. The standard InChI is InChI=1S/C16H26N2OS/c1-16(14-17,7-8-18-9-11-19-12-10-18)20-13-15-5-3-2-4-6-15/h2-6H,7-14,17H2,1H3. The van der Waals surface area contributed by atoms with E-state index >= 15 is 0 Å². The van der Waals surface area contributed by atoms with Gasteiger partial charge in [0.05, 0.1) is 13.2 Å². The third kappa shape index (κ3) is 5.09. The minimum Gasteiger partial charge on any atom is -0.379 e. The summed E-state index contributed by atoms with van der Waals surface area (Å²) in [5.41, 5.74) is 7.40. The number of hydrogen-bond acceptors (Lipinski definition) is 4. The molecule has 2 N–H and O–H groups in total. The van der Waals surface area contributed by atoms with Crippen LogP contribution >= 0.6 is 11.8 Å². The van der Waals surface area contributed by atoms with Crippen molar-refractivity contribution in [1.82, 2.24) is 4.90 Å². The number of morpholine rings is 1. The van der Waals surface area contributed by atoms with E-state index in [1.54, 1.807) is 0 Å². The van der Waals surface area contributed by atoms with Crippen LogP contribution in [-0.2, 0) is 10.5 Å². The molecule has 0 radical (unpaired) electrons.